The van der Waals surface area contributed by atoms with Crippen molar-refractivity contribution in [3.8, 4) is 16.9 Å². The summed E-state index contributed by atoms with van der Waals surface area (Å²) in [5.41, 5.74) is 1.43. The molecule has 5 heteroatoms. The highest BCUT2D eigenvalue weighted by Gasteiger charge is 2.31. The first-order valence-electron chi connectivity index (χ1n) is 5.09. The minimum Gasteiger partial charge on any atom is -0.406 e. The molecule has 0 N–H and O–H groups in total. The quantitative estimate of drug-likeness (QED) is 0.788. The van der Waals surface area contributed by atoms with Crippen LogP contribution in [-0.4, -0.2) is 6.36 Å². The normalized spacial score (nSPS) is 11.3. The molecule has 0 heterocycles. The van der Waals surface area contributed by atoms with E-state index in [1.54, 1.807) is 30.3 Å². The molecule has 0 unspecified atom stereocenters. The summed E-state index contributed by atoms with van der Waals surface area (Å²) >= 11 is 4.19. The van der Waals surface area contributed by atoms with Crippen molar-refractivity contribution in [3.05, 3.63) is 48.5 Å². The van der Waals surface area contributed by atoms with Crippen LogP contribution in [0.5, 0.6) is 5.75 Å². The number of hydrogen-bond donors (Lipinski definition) is 1. The molecule has 18 heavy (non-hydrogen) atoms. The fraction of sp³-hybridized carbons (Fsp3) is 0.0769. The van der Waals surface area contributed by atoms with E-state index in [2.05, 4.69) is 17.4 Å². The van der Waals surface area contributed by atoms with Crippen LogP contribution < -0.4 is 4.74 Å². The van der Waals surface area contributed by atoms with Gasteiger partial charge in [0.25, 0.3) is 0 Å². The van der Waals surface area contributed by atoms with E-state index in [4.69, 9.17) is 0 Å². The van der Waals surface area contributed by atoms with Gasteiger partial charge in [0.1, 0.15) is 5.75 Å². The van der Waals surface area contributed by atoms with E-state index < -0.39 is 6.36 Å². The molecule has 1 nitrogen and oxygen atoms in total. The second-order valence-electron chi connectivity index (χ2n) is 3.63. The van der Waals surface area contributed by atoms with Gasteiger partial charge >= 0.3 is 6.36 Å². The Morgan fingerprint density at radius 3 is 2.11 bits per heavy atom. The fourth-order valence-corrected chi connectivity index (χ4v) is 1.78. The second-order valence-corrected chi connectivity index (χ2v) is 4.14. The summed E-state index contributed by atoms with van der Waals surface area (Å²) in [6, 6.07) is 13.0. The van der Waals surface area contributed by atoms with Gasteiger partial charge in [0.05, 0.1) is 0 Å². The molecule has 0 aliphatic carbocycles. The third-order valence-corrected chi connectivity index (χ3v) is 2.53. The van der Waals surface area contributed by atoms with Gasteiger partial charge in [0, 0.05) is 4.90 Å². The summed E-state index contributed by atoms with van der Waals surface area (Å²) in [4.78, 5) is 0.745. The zero-order chi connectivity index (χ0) is 13.2. The molecule has 0 spiro atoms. The van der Waals surface area contributed by atoms with E-state index in [0.29, 0.717) is 5.56 Å². The highest BCUT2D eigenvalue weighted by molar-refractivity contribution is 7.80. The molecule has 0 fully saturated rings. The average Bonchev–Trinajstić information content (AvgIpc) is 2.27. The largest absolute Gasteiger partial charge is 0.573 e. The van der Waals surface area contributed by atoms with Crippen molar-refractivity contribution >= 4 is 12.6 Å². The topological polar surface area (TPSA) is 9.23 Å². The van der Waals surface area contributed by atoms with Crippen molar-refractivity contribution in [2.24, 2.45) is 0 Å². The molecule has 0 aliphatic rings. The first-order valence-corrected chi connectivity index (χ1v) is 5.54. The van der Waals surface area contributed by atoms with E-state index in [1.165, 1.54) is 18.2 Å². The molecule has 0 bridgehead atoms. The van der Waals surface area contributed by atoms with E-state index in [1.807, 2.05) is 0 Å². The predicted molar refractivity (Wildman–Crippen MR) is 65.8 cm³/mol. The number of hydrogen-bond acceptors (Lipinski definition) is 2. The number of rotatable bonds is 2. The van der Waals surface area contributed by atoms with Crippen LogP contribution in [0.25, 0.3) is 11.1 Å². The van der Waals surface area contributed by atoms with Crippen molar-refractivity contribution in [3.63, 3.8) is 0 Å². The first kappa shape index (κ1) is 12.8. The lowest BCUT2D eigenvalue weighted by molar-refractivity contribution is -0.274. The van der Waals surface area contributed by atoms with Gasteiger partial charge in [-0.25, -0.2) is 0 Å². The summed E-state index contributed by atoms with van der Waals surface area (Å²) in [7, 11) is 0. The molecule has 0 atom stereocenters. The molecule has 0 saturated heterocycles. The fourth-order valence-electron chi connectivity index (χ4n) is 1.56. The molecule has 0 amide bonds. The van der Waals surface area contributed by atoms with Crippen LogP contribution >= 0.6 is 12.6 Å². The Hall–Kier alpha value is -1.62. The SMILES string of the molecule is FC(F)(F)Oc1cccc(-c2cccc(S)c2)c1. The third kappa shape index (κ3) is 3.43. The van der Waals surface area contributed by atoms with Crippen molar-refractivity contribution in [1.82, 2.24) is 0 Å². The zero-order valence-electron chi connectivity index (χ0n) is 9.11. The Morgan fingerprint density at radius 2 is 1.50 bits per heavy atom. The van der Waals surface area contributed by atoms with Crippen molar-refractivity contribution in [2.45, 2.75) is 11.3 Å². The number of benzene rings is 2. The Bertz CT molecular complexity index is 552. The smallest absolute Gasteiger partial charge is 0.406 e. The van der Waals surface area contributed by atoms with Crippen LogP contribution in [0.15, 0.2) is 53.4 Å². The monoisotopic (exact) mass is 270 g/mol. The average molecular weight is 270 g/mol. The van der Waals surface area contributed by atoms with Crippen LogP contribution in [0.4, 0.5) is 13.2 Å². The number of alkyl halides is 3. The number of halogens is 3. The predicted octanol–water partition coefficient (Wildman–Crippen LogP) is 4.54. The van der Waals surface area contributed by atoms with E-state index >= 15 is 0 Å². The van der Waals surface area contributed by atoms with E-state index in [-0.39, 0.29) is 5.75 Å². The first-order chi connectivity index (χ1) is 8.44. The minimum absolute atomic E-state index is 0.232. The van der Waals surface area contributed by atoms with Gasteiger partial charge in [0.2, 0.25) is 0 Å². The van der Waals surface area contributed by atoms with Crippen molar-refractivity contribution in [1.29, 1.82) is 0 Å². The van der Waals surface area contributed by atoms with Crippen molar-refractivity contribution < 1.29 is 17.9 Å². The molecule has 0 radical (unpaired) electrons. The molecule has 0 aliphatic heterocycles. The Kier molecular flexibility index (Phi) is 3.52. The molecule has 94 valence electrons. The highest BCUT2D eigenvalue weighted by Crippen LogP contribution is 2.28. The van der Waals surface area contributed by atoms with Gasteiger partial charge in [0.15, 0.2) is 0 Å². The van der Waals surface area contributed by atoms with Gasteiger partial charge < -0.3 is 4.74 Å². The van der Waals surface area contributed by atoms with Crippen LogP contribution in [0.2, 0.25) is 0 Å². The Balaban J connectivity index is 2.33. The van der Waals surface area contributed by atoms with Crippen LogP contribution in [0.3, 0.4) is 0 Å². The van der Waals surface area contributed by atoms with Gasteiger partial charge in [-0.15, -0.1) is 25.8 Å². The zero-order valence-corrected chi connectivity index (χ0v) is 10.0. The molecule has 2 rings (SSSR count). The lowest BCUT2D eigenvalue weighted by Crippen LogP contribution is -2.17. The number of ether oxygens (including phenoxy) is 1. The molecular formula is C13H9F3OS. The molecular weight excluding hydrogens is 261 g/mol. The van der Waals surface area contributed by atoms with Crippen LogP contribution in [0.1, 0.15) is 0 Å². The van der Waals surface area contributed by atoms with Crippen molar-refractivity contribution in [2.75, 3.05) is 0 Å². The molecule has 0 saturated carbocycles. The summed E-state index contributed by atoms with van der Waals surface area (Å²) in [6.45, 7) is 0. The minimum atomic E-state index is -4.68. The lowest BCUT2D eigenvalue weighted by atomic mass is 10.1. The van der Waals surface area contributed by atoms with E-state index in [0.717, 1.165) is 10.5 Å². The highest BCUT2D eigenvalue weighted by atomic mass is 32.1. The molecule has 2 aromatic rings. The van der Waals surface area contributed by atoms with Crippen LogP contribution in [0, 0.1) is 0 Å². The standard InChI is InChI=1S/C13H9F3OS/c14-13(15,16)17-11-5-1-3-9(7-11)10-4-2-6-12(18)8-10/h1-8,18H. The second kappa shape index (κ2) is 4.94. The maximum absolute atomic E-state index is 12.1. The van der Waals surface area contributed by atoms with Crippen LogP contribution in [-0.2, 0) is 0 Å². The maximum Gasteiger partial charge on any atom is 0.573 e. The third-order valence-electron chi connectivity index (χ3n) is 2.25. The Morgan fingerprint density at radius 1 is 0.889 bits per heavy atom. The van der Waals surface area contributed by atoms with Gasteiger partial charge in [-0.2, -0.15) is 0 Å². The lowest BCUT2D eigenvalue weighted by Gasteiger charge is -2.10. The molecule has 0 aromatic heterocycles. The number of thiol groups is 1. The summed E-state index contributed by atoms with van der Waals surface area (Å²) in [5, 5.41) is 0. The maximum atomic E-state index is 12.1. The molecule has 2 aromatic carbocycles. The van der Waals surface area contributed by atoms with Gasteiger partial charge in [-0.3, -0.25) is 0 Å². The van der Waals surface area contributed by atoms with Gasteiger partial charge in [-0.1, -0.05) is 24.3 Å². The van der Waals surface area contributed by atoms with Gasteiger partial charge in [-0.05, 0) is 35.4 Å². The summed E-state index contributed by atoms with van der Waals surface area (Å²) in [6.07, 6.45) is -4.68. The van der Waals surface area contributed by atoms with E-state index in [9.17, 15) is 13.2 Å². The summed E-state index contributed by atoms with van der Waals surface area (Å²) < 4.78 is 40.2. The Labute approximate surface area is 108 Å². The summed E-state index contributed by atoms with van der Waals surface area (Å²) in [5.74, 6) is -0.232.